The molecule has 0 radical (unpaired) electrons. The van der Waals surface area contributed by atoms with Crippen LogP contribution >= 0.6 is 11.3 Å². The number of carbonyl (C=O) groups is 1. The summed E-state index contributed by atoms with van der Waals surface area (Å²) in [5, 5.41) is 1.24. The molecule has 134 valence electrons. The predicted molar refractivity (Wildman–Crippen MR) is 103 cm³/mol. The van der Waals surface area contributed by atoms with Crippen LogP contribution in [0.15, 0.2) is 24.3 Å². The van der Waals surface area contributed by atoms with Crippen LogP contribution in [-0.2, 0) is 4.79 Å². The van der Waals surface area contributed by atoms with Gasteiger partial charge in [-0.3, -0.25) is 9.69 Å². The molecule has 0 spiro atoms. The minimum absolute atomic E-state index is 0.317. The summed E-state index contributed by atoms with van der Waals surface area (Å²) in [4.78, 5) is 21.9. The average Bonchev–Trinajstić information content (AvgIpc) is 3.07. The molecule has 0 N–H and O–H groups in total. The Morgan fingerprint density at radius 3 is 2.80 bits per heavy atom. The number of aromatic nitrogens is 1. The lowest BCUT2D eigenvalue weighted by atomic mass is 9.98. The number of likely N-dealkylation sites (tertiary alicyclic amines) is 2. The van der Waals surface area contributed by atoms with Gasteiger partial charge in [-0.25, -0.2) is 4.98 Å². The summed E-state index contributed by atoms with van der Waals surface area (Å²) < 4.78 is 1.27. The van der Waals surface area contributed by atoms with E-state index in [1.54, 1.807) is 0 Å². The predicted octanol–water partition coefficient (Wildman–Crippen LogP) is 3.73. The van der Waals surface area contributed by atoms with Crippen LogP contribution in [0.5, 0.6) is 0 Å². The molecule has 2 fully saturated rings. The molecule has 0 saturated carbocycles. The second-order valence-electron chi connectivity index (χ2n) is 7.66. The second kappa shape index (κ2) is 7.42. The monoisotopic (exact) mass is 357 g/mol. The first kappa shape index (κ1) is 17.0. The number of benzene rings is 1. The van der Waals surface area contributed by atoms with E-state index in [1.165, 1.54) is 16.1 Å². The van der Waals surface area contributed by atoms with Crippen molar-refractivity contribution in [3.8, 4) is 0 Å². The summed E-state index contributed by atoms with van der Waals surface area (Å²) in [7, 11) is 0. The highest BCUT2D eigenvalue weighted by atomic mass is 32.1. The van der Waals surface area contributed by atoms with E-state index < -0.39 is 0 Å². The van der Waals surface area contributed by atoms with Crippen LogP contribution in [0, 0.1) is 5.92 Å². The Hall–Kier alpha value is -1.46. The molecule has 5 heteroatoms. The molecule has 4 nitrogen and oxygen atoms in total. The van der Waals surface area contributed by atoms with E-state index in [-0.39, 0.29) is 0 Å². The molecular weight excluding hydrogens is 330 g/mol. The Bertz CT molecular complexity index is 702. The maximum atomic E-state index is 12.6. The van der Waals surface area contributed by atoms with Gasteiger partial charge in [-0.1, -0.05) is 19.1 Å². The number of piperidine rings is 2. The number of hydrogen-bond donors (Lipinski definition) is 0. The Labute approximate surface area is 153 Å². The van der Waals surface area contributed by atoms with Gasteiger partial charge in [0.05, 0.1) is 21.8 Å². The molecule has 3 heterocycles. The SMILES string of the molecule is CC1CCN(C(=O)CN2CCC[C@@H](c3nc4ccccc4s3)C2)CC1. The third-order valence-corrected chi connectivity index (χ3v) is 6.86. The zero-order valence-electron chi connectivity index (χ0n) is 15.0. The molecule has 2 aromatic rings. The van der Waals surface area contributed by atoms with E-state index in [4.69, 9.17) is 4.98 Å². The Morgan fingerprint density at radius 2 is 2.00 bits per heavy atom. The van der Waals surface area contributed by atoms with Crippen LogP contribution in [0.1, 0.15) is 43.5 Å². The minimum Gasteiger partial charge on any atom is -0.342 e. The average molecular weight is 358 g/mol. The molecule has 1 atom stereocenters. The molecule has 1 amide bonds. The van der Waals surface area contributed by atoms with Gasteiger partial charge in [0.15, 0.2) is 0 Å². The number of thiazole rings is 1. The molecular formula is C20H27N3OS. The normalized spacial score (nSPS) is 23.2. The molecule has 2 aliphatic heterocycles. The van der Waals surface area contributed by atoms with E-state index in [0.29, 0.717) is 18.4 Å². The third-order valence-electron chi connectivity index (χ3n) is 5.66. The van der Waals surface area contributed by atoms with E-state index in [0.717, 1.165) is 56.9 Å². The number of amides is 1. The number of carbonyl (C=O) groups excluding carboxylic acids is 1. The molecule has 1 aromatic carbocycles. The summed E-state index contributed by atoms with van der Waals surface area (Å²) in [6.07, 6.45) is 4.65. The zero-order valence-corrected chi connectivity index (χ0v) is 15.8. The van der Waals surface area contributed by atoms with Crippen molar-refractivity contribution in [3.63, 3.8) is 0 Å². The van der Waals surface area contributed by atoms with Gasteiger partial charge in [-0.15, -0.1) is 11.3 Å². The van der Waals surface area contributed by atoms with Crippen molar-refractivity contribution in [1.29, 1.82) is 0 Å². The van der Waals surface area contributed by atoms with Crippen LogP contribution in [0.3, 0.4) is 0 Å². The number of para-hydroxylation sites is 1. The molecule has 2 saturated heterocycles. The van der Waals surface area contributed by atoms with E-state index in [9.17, 15) is 4.79 Å². The first-order valence-corrected chi connectivity index (χ1v) is 10.4. The molecule has 1 aromatic heterocycles. The van der Waals surface area contributed by atoms with Gasteiger partial charge >= 0.3 is 0 Å². The summed E-state index contributed by atoms with van der Waals surface area (Å²) in [5.74, 6) is 1.56. The van der Waals surface area contributed by atoms with Crippen LogP contribution in [0.25, 0.3) is 10.2 Å². The quantitative estimate of drug-likeness (QED) is 0.840. The first-order valence-electron chi connectivity index (χ1n) is 9.54. The topological polar surface area (TPSA) is 36.4 Å². The highest BCUT2D eigenvalue weighted by molar-refractivity contribution is 7.18. The lowest BCUT2D eigenvalue weighted by Gasteiger charge is -2.35. The zero-order chi connectivity index (χ0) is 17.2. The lowest BCUT2D eigenvalue weighted by Crippen LogP contribution is -2.46. The van der Waals surface area contributed by atoms with Gasteiger partial charge in [0.1, 0.15) is 0 Å². The van der Waals surface area contributed by atoms with E-state index in [1.807, 2.05) is 11.3 Å². The van der Waals surface area contributed by atoms with Gasteiger partial charge in [0, 0.05) is 25.6 Å². The van der Waals surface area contributed by atoms with Crippen molar-refractivity contribution in [2.24, 2.45) is 5.92 Å². The fourth-order valence-corrected chi connectivity index (χ4v) is 5.11. The first-order chi connectivity index (χ1) is 12.2. The molecule has 4 rings (SSSR count). The van der Waals surface area contributed by atoms with Gasteiger partial charge < -0.3 is 4.90 Å². The van der Waals surface area contributed by atoms with Crippen LogP contribution in [0.2, 0.25) is 0 Å². The van der Waals surface area contributed by atoms with Gasteiger partial charge in [-0.05, 0) is 50.3 Å². The van der Waals surface area contributed by atoms with Crippen molar-refractivity contribution < 1.29 is 4.79 Å². The molecule has 25 heavy (non-hydrogen) atoms. The Balaban J connectivity index is 1.38. The van der Waals surface area contributed by atoms with Crippen LogP contribution < -0.4 is 0 Å². The lowest BCUT2D eigenvalue weighted by molar-refractivity contribution is -0.134. The Morgan fingerprint density at radius 1 is 1.20 bits per heavy atom. The van der Waals surface area contributed by atoms with Crippen molar-refractivity contribution in [3.05, 3.63) is 29.3 Å². The van der Waals surface area contributed by atoms with Crippen LogP contribution in [-0.4, -0.2) is 53.4 Å². The number of hydrogen-bond acceptors (Lipinski definition) is 4. The second-order valence-corrected chi connectivity index (χ2v) is 8.72. The third kappa shape index (κ3) is 3.87. The van der Waals surface area contributed by atoms with Gasteiger partial charge in [0.2, 0.25) is 5.91 Å². The van der Waals surface area contributed by atoms with Crippen LogP contribution in [0.4, 0.5) is 0 Å². The van der Waals surface area contributed by atoms with Crippen molar-refractivity contribution in [2.45, 2.75) is 38.5 Å². The Kier molecular flexibility index (Phi) is 5.04. The van der Waals surface area contributed by atoms with Crippen molar-refractivity contribution >= 4 is 27.5 Å². The van der Waals surface area contributed by atoms with E-state index in [2.05, 4.69) is 41.0 Å². The number of rotatable bonds is 3. The maximum absolute atomic E-state index is 12.6. The summed E-state index contributed by atoms with van der Waals surface area (Å²) in [6.45, 7) is 6.75. The highest BCUT2D eigenvalue weighted by Crippen LogP contribution is 2.33. The van der Waals surface area contributed by atoms with E-state index >= 15 is 0 Å². The number of fused-ring (bicyclic) bond motifs is 1. The van der Waals surface area contributed by atoms with Gasteiger partial charge in [0.25, 0.3) is 0 Å². The fourth-order valence-electron chi connectivity index (χ4n) is 4.01. The largest absolute Gasteiger partial charge is 0.342 e. The maximum Gasteiger partial charge on any atom is 0.236 e. The molecule has 2 aliphatic rings. The summed E-state index contributed by atoms with van der Waals surface area (Å²) in [5.41, 5.74) is 1.11. The molecule has 0 aliphatic carbocycles. The van der Waals surface area contributed by atoms with Gasteiger partial charge in [-0.2, -0.15) is 0 Å². The molecule has 0 unspecified atom stereocenters. The number of nitrogens with zero attached hydrogens (tertiary/aromatic N) is 3. The fraction of sp³-hybridized carbons (Fsp3) is 0.600. The minimum atomic E-state index is 0.317. The highest BCUT2D eigenvalue weighted by Gasteiger charge is 2.27. The van der Waals surface area contributed by atoms with Crippen molar-refractivity contribution in [2.75, 3.05) is 32.7 Å². The summed E-state index contributed by atoms with van der Waals surface area (Å²) in [6, 6.07) is 8.38. The summed E-state index contributed by atoms with van der Waals surface area (Å²) >= 11 is 1.82. The molecule has 0 bridgehead atoms. The standard InChI is InChI=1S/C20H27N3OS/c1-15-8-11-23(12-9-15)19(24)14-22-10-4-5-16(13-22)20-21-17-6-2-3-7-18(17)25-20/h2-3,6-7,15-16H,4-5,8-14H2,1H3/t16-/m1/s1. The van der Waals surface area contributed by atoms with Crippen molar-refractivity contribution in [1.82, 2.24) is 14.8 Å². The smallest absolute Gasteiger partial charge is 0.236 e.